The summed E-state index contributed by atoms with van der Waals surface area (Å²) in [6.45, 7) is 0.746. The van der Waals surface area contributed by atoms with Crippen LogP contribution in [0.3, 0.4) is 0 Å². The van der Waals surface area contributed by atoms with E-state index in [1.807, 2.05) is 18.2 Å². The maximum absolute atomic E-state index is 12.4. The molecule has 0 atom stereocenters. The van der Waals surface area contributed by atoms with E-state index in [2.05, 4.69) is 6.08 Å². The zero-order chi connectivity index (χ0) is 12.4. The van der Waals surface area contributed by atoms with Crippen molar-refractivity contribution in [3.63, 3.8) is 0 Å². The fourth-order valence-electron chi connectivity index (χ4n) is 2.73. The number of ketones is 1. The molecule has 0 unspecified atom stereocenters. The van der Waals surface area contributed by atoms with E-state index in [1.54, 1.807) is 0 Å². The van der Waals surface area contributed by atoms with Crippen LogP contribution in [0.25, 0.3) is 0 Å². The third-order valence-corrected chi connectivity index (χ3v) is 3.78. The molecule has 18 heavy (non-hydrogen) atoms. The van der Waals surface area contributed by atoms with Crippen LogP contribution in [0.4, 0.5) is 0 Å². The summed E-state index contributed by atoms with van der Waals surface area (Å²) in [6.07, 6.45) is 8.65. The van der Waals surface area contributed by atoms with Crippen LogP contribution in [0, 0.1) is 0 Å². The standard InChI is InChI=1S/C16H18O2/c17-16(12-5-3-1-2-4-6-12)14-7-8-15-13(11-14)9-10-18-15/h5,7-8,11H,1-4,6,9-10H2. The smallest absolute Gasteiger partial charge is 0.188 e. The van der Waals surface area contributed by atoms with Crippen LogP contribution in [0.1, 0.15) is 48.0 Å². The lowest BCUT2D eigenvalue weighted by Crippen LogP contribution is -2.03. The quantitative estimate of drug-likeness (QED) is 0.739. The van der Waals surface area contributed by atoms with Crippen LogP contribution in [0.2, 0.25) is 0 Å². The maximum atomic E-state index is 12.4. The van der Waals surface area contributed by atoms with E-state index in [1.165, 1.54) is 18.4 Å². The molecule has 0 bridgehead atoms. The molecule has 1 aliphatic heterocycles. The van der Waals surface area contributed by atoms with Crippen molar-refractivity contribution in [3.8, 4) is 5.75 Å². The summed E-state index contributed by atoms with van der Waals surface area (Å²) in [5.74, 6) is 1.16. The van der Waals surface area contributed by atoms with E-state index in [0.29, 0.717) is 0 Å². The normalized spacial score (nSPS) is 18.6. The Kier molecular flexibility index (Phi) is 3.18. The zero-order valence-electron chi connectivity index (χ0n) is 10.6. The molecule has 2 heteroatoms. The Bertz CT molecular complexity index is 500. The van der Waals surface area contributed by atoms with Crippen LogP contribution in [-0.2, 0) is 6.42 Å². The Morgan fingerprint density at radius 3 is 3.00 bits per heavy atom. The van der Waals surface area contributed by atoms with Gasteiger partial charge in [0.15, 0.2) is 5.78 Å². The summed E-state index contributed by atoms with van der Waals surface area (Å²) in [5, 5.41) is 0. The largest absolute Gasteiger partial charge is 0.493 e. The number of carbonyl (C=O) groups excluding carboxylic acids is 1. The van der Waals surface area contributed by atoms with Gasteiger partial charge in [-0.05, 0) is 55.0 Å². The first-order valence-corrected chi connectivity index (χ1v) is 6.84. The molecule has 3 rings (SSSR count). The lowest BCUT2D eigenvalue weighted by Gasteiger charge is -2.06. The van der Waals surface area contributed by atoms with Crippen molar-refractivity contribution in [1.82, 2.24) is 0 Å². The van der Waals surface area contributed by atoms with E-state index >= 15 is 0 Å². The molecule has 0 fully saturated rings. The van der Waals surface area contributed by atoms with Crippen LogP contribution in [0.5, 0.6) is 5.75 Å². The minimum absolute atomic E-state index is 0.214. The van der Waals surface area contributed by atoms with Gasteiger partial charge in [0.25, 0.3) is 0 Å². The first kappa shape index (κ1) is 11.5. The fraction of sp³-hybridized carbons (Fsp3) is 0.438. The second-order valence-corrected chi connectivity index (χ2v) is 5.08. The van der Waals surface area contributed by atoms with Crippen LogP contribution >= 0.6 is 0 Å². The molecule has 0 spiro atoms. The Balaban J connectivity index is 1.85. The van der Waals surface area contributed by atoms with Gasteiger partial charge >= 0.3 is 0 Å². The predicted molar refractivity (Wildman–Crippen MR) is 71.1 cm³/mol. The molecule has 1 aliphatic carbocycles. The monoisotopic (exact) mass is 242 g/mol. The van der Waals surface area contributed by atoms with Crippen molar-refractivity contribution >= 4 is 5.78 Å². The number of hydrogen-bond acceptors (Lipinski definition) is 2. The highest BCUT2D eigenvalue weighted by atomic mass is 16.5. The number of rotatable bonds is 2. The summed E-state index contributed by atoms with van der Waals surface area (Å²) < 4.78 is 5.47. The number of hydrogen-bond donors (Lipinski definition) is 0. The highest BCUT2D eigenvalue weighted by molar-refractivity contribution is 6.08. The van der Waals surface area contributed by atoms with Crippen molar-refractivity contribution < 1.29 is 9.53 Å². The van der Waals surface area contributed by atoms with Gasteiger partial charge < -0.3 is 4.74 Å². The molecule has 0 radical (unpaired) electrons. The first-order valence-electron chi connectivity index (χ1n) is 6.84. The van der Waals surface area contributed by atoms with Gasteiger partial charge in [0, 0.05) is 12.0 Å². The molecule has 94 valence electrons. The number of benzene rings is 1. The summed E-state index contributed by atoms with van der Waals surface area (Å²) in [6, 6.07) is 5.85. The van der Waals surface area contributed by atoms with Gasteiger partial charge in [-0.15, -0.1) is 0 Å². The molecule has 1 heterocycles. The number of fused-ring (bicyclic) bond motifs is 1. The molecule has 0 saturated carbocycles. The van der Waals surface area contributed by atoms with Gasteiger partial charge in [-0.1, -0.05) is 12.5 Å². The number of Topliss-reactive ketones (excluding diaryl/α,β-unsaturated/α-hetero) is 1. The fourth-order valence-corrected chi connectivity index (χ4v) is 2.73. The van der Waals surface area contributed by atoms with Crippen molar-refractivity contribution in [3.05, 3.63) is 41.0 Å². The highest BCUT2D eigenvalue weighted by Crippen LogP contribution is 2.28. The second-order valence-electron chi connectivity index (χ2n) is 5.08. The molecule has 0 saturated heterocycles. The Morgan fingerprint density at radius 1 is 1.11 bits per heavy atom. The maximum Gasteiger partial charge on any atom is 0.188 e. The van der Waals surface area contributed by atoms with Gasteiger partial charge in [0.05, 0.1) is 6.61 Å². The van der Waals surface area contributed by atoms with Crippen molar-refractivity contribution in [2.45, 2.75) is 38.5 Å². The minimum atomic E-state index is 0.214. The van der Waals surface area contributed by atoms with Crippen LogP contribution in [-0.4, -0.2) is 12.4 Å². The molecule has 1 aromatic rings. The van der Waals surface area contributed by atoms with E-state index in [4.69, 9.17) is 4.74 Å². The Morgan fingerprint density at radius 2 is 2.06 bits per heavy atom. The molecule has 0 amide bonds. The number of ether oxygens (including phenoxy) is 1. The molecule has 0 aromatic heterocycles. The first-order chi connectivity index (χ1) is 8.84. The average Bonchev–Trinajstić information content (AvgIpc) is 2.69. The van der Waals surface area contributed by atoms with Crippen molar-refractivity contribution in [2.75, 3.05) is 6.61 Å². The van der Waals surface area contributed by atoms with Crippen LogP contribution in [0.15, 0.2) is 29.8 Å². The van der Waals surface area contributed by atoms with Crippen LogP contribution < -0.4 is 4.74 Å². The Labute approximate surface area is 108 Å². The van der Waals surface area contributed by atoms with Gasteiger partial charge in [-0.3, -0.25) is 4.79 Å². The summed E-state index contributed by atoms with van der Waals surface area (Å²) in [4.78, 5) is 12.4. The summed E-state index contributed by atoms with van der Waals surface area (Å²) in [5.41, 5.74) is 3.01. The topological polar surface area (TPSA) is 26.3 Å². The zero-order valence-corrected chi connectivity index (χ0v) is 10.6. The van der Waals surface area contributed by atoms with Gasteiger partial charge in [0.2, 0.25) is 0 Å². The highest BCUT2D eigenvalue weighted by Gasteiger charge is 2.17. The molecule has 2 aliphatic rings. The van der Waals surface area contributed by atoms with E-state index in [9.17, 15) is 4.79 Å². The van der Waals surface area contributed by atoms with Gasteiger partial charge in [0.1, 0.15) is 5.75 Å². The minimum Gasteiger partial charge on any atom is -0.493 e. The van der Waals surface area contributed by atoms with Crippen molar-refractivity contribution in [2.24, 2.45) is 0 Å². The SMILES string of the molecule is O=C(C1=CCCCCC1)c1ccc2c(c1)CCO2. The molecule has 0 N–H and O–H groups in total. The van der Waals surface area contributed by atoms with Crippen molar-refractivity contribution in [1.29, 1.82) is 0 Å². The predicted octanol–water partition coefficient (Wildman–Crippen LogP) is 3.69. The van der Waals surface area contributed by atoms with Gasteiger partial charge in [-0.25, -0.2) is 0 Å². The Hall–Kier alpha value is -1.57. The second kappa shape index (κ2) is 4.97. The van der Waals surface area contributed by atoms with E-state index in [-0.39, 0.29) is 5.78 Å². The van der Waals surface area contributed by atoms with E-state index < -0.39 is 0 Å². The third kappa shape index (κ3) is 2.20. The average molecular weight is 242 g/mol. The lowest BCUT2D eigenvalue weighted by molar-refractivity contribution is 0.103. The van der Waals surface area contributed by atoms with Gasteiger partial charge in [-0.2, -0.15) is 0 Å². The number of allylic oxidation sites excluding steroid dienone is 2. The van der Waals surface area contributed by atoms with E-state index in [0.717, 1.165) is 49.2 Å². The molecule has 2 nitrogen and oxygen atoms in total. The lowest BCUT2D eigenvalue weighted by atomic mass is 9.97. The molecular weight excluding hydrogens is 224 g/mol. The summed E-state index contributed by atoms with van der Waals surface area (Å²) in [7, 11) is 0. The summed E-state index contributed by atoms with van der Waals surface area (Å²) >= 11 is 0. The molecule has 1 aromatic carbocycles. The molecular formula is C16H18O2. The third-order valence-electron chi connectivity index (χ3n) is 3.78. The number of carbonyl (C=O) groups is 1.